The van der Waals surface area contributed by atoms with Crippen LogP contribution >= 0.6 is 11.6 Å². The van der Waals surface area contributed by atoms with Crippen LogP contribution in [-0.4, -0.2) is 20.7 Å². The Balaban J connectivity index is 2.18. The van der Waals surface area contributed by atoms with E-state index in [1.807, 2.05) is 25.2 Å². The normalized spacial score (nSPS) is 14.2. The van der Waals surface area contributed by atoms with Crippen LogP contribution in [-0.2, 0) is 0 Å². The van der Waals surface area contributed by atoms with Gasteiger partial charge in [-0.2, -0.15) is 10.4 Å². The summed E-state index contributed by atoms with van der Waals surface area (Å²) in [6.07, 6.45) is 9.33. The van der Waals surface area contributed by atoms with E-state index in [2.05, 4.69) is 16.5 Å². The number of nitrogens with one attached hydrogen (secondary N) is 1. The van der Waals surface area contributed by atoms with E-state index >= 15 is 0 Å². The molecule has 0 atom stereocenters. The van der Waals surface area contributed by atoms with Gasteiger partial charge in [0.2, 0.25) is 0 Å². The van der Waals surface area contributed by atoms with E-state index in [1.54, 1.807) is 6.92 Å². The number of rotatable bonds is 3. The van der Waals surface area contributed by atoms with E-state index < -0.39 is 5.97 Å². The quantitative estimate of drug-likeness (QED) is 0.869. The molecule has 126 valence electrons. The van der Waals surface area contributed by atoms with Gasteiger partial charge in [-0.15, -0.1) is 0 Å². The van der Waals surface area contributed by atoms with E-state index in [1.165, 1.54) is 16.9 Å². The van der Waals surface area contributed by atoms with Crippen LogP contribution in [0.4, 0.5) is 5.69 Å². The molecule has 1 aliphatic rings. The second-order valence-corrected chi connectivity index (χ2v) is 6.14. The number of anilines is 1. The maximum Gasteiger partial charge on any atom is 0.337 e. The lowest BCUT2D eigenvalue weighted by molar-refractivity contribution is 0.0696. The average molecular weight is 355 g/mol. The Morgan fingerprint density at radius 2 is 2.20 bits per heavy atom. The number of nitriles is 1. The Hall–Kier alpha value is -3.04. The van der Waals surface area contributed by atoms with E-state index in [9.17, 15) is 15.2 Å². The van der Waals surface area contributed by atoms with Crippen molar-refractivity contribution in [3.05, 3.63) is 63.6 Å². The Kier molecular flexibility index (Phi) is 4.34. The number of hydrogen-bond acceptors (Lipinski definition) is 4. The molecular weight excluding hydrogens is 340 g/mol. The Morgan fingerprint density at radius 1 is 1.44 bits per heavy atom. The first-order chi connectivity index (χ1) is 11.9. The zero-order valence-corrected chi connectivity index (χ0v) is 14.4. The van der Waals surface area contributed by atoms with Gasteiger partial charge in [0.05, 0.1) is 39.3 Å². The summed E-state index contributed by atoms with van der Waals surface area (Å²) in [6, 6.07) is 2.09. The molecule has 0 unspecified atom stereocenters. The van der Waals surface area contributed by atoms with Crippen molar-refractivity contribution in [1.29, 1.82) is 5.26 Å². The van der Waals surface area contributed by atoms with Crippen LogP contribution in [0.25, 0.3) is 5.52 Å². The van der Waals surface area contributed by atoms with Crippen LogP contribution in [0, 0.1) is 18.3 Å². The first-order valence-corrected chi connectivity index (χ1v) is 7.96. The number of aryl methyl sites for hydroxylation is 1. The molecule has 0 bridgehead atoms. The average Bonchev–Trinajstić information content (AvgIpc) is 2.82. The molecular formula is C18H15ClN4O2. The van der Waals surface area contributed by atoms with Crippen molar-refractivity contribution in [3.63, 3.8) is 0 Å². The van der Waals surface area contributed by atoms with Gasteiger partial charge in [-0.3, -0.25) is 0 Å². The maximum atomic E-state index is 11.4. The molecule has 0 aromatic carbocycles. The van der Waals surface area contributed by atoms with Crippen LogP contribution in [0.2, 0.25) is 0 Å². The number of carboxylic acid groups (broad SMARTS) is 1. The highest BCUT2D eigenvalue weighted by Crippen LogP contribution is 2.31. The number of aromatic carboxylic acids is 1. The molecule has 0 aliphatic heterocycles. The fourth-order valence-electron chi connectivity index (χ4n) is 2.76. The summed E-state index contributed by atoms with van der Waals surface area (Å²) in [5.41, 5.74) is 3.71. The molecule has 0 fully saturated rings. The maximum absolute atomic E-state index is 11.4. The van der Waals surface area contributed by atoms with Crippen molar-refractivity contribution in [1.82, 2.24) is 9.61 Å². The van der Waals surface area contributed by atoms with Gasteiger partial charge >= 0.3 is 5.97 Å². The van der Waals surface area contributed by atoms with Gasteiger partial charge in [-0.1, -0.05) is 29.3 Å². The number of allylic oxidation sites excluding steroid dienone is 5. The SMILES string of the molecule is CC1=CCC=C(Nc2c(C#N)cnn3cc(C(=O)O)c(C)c23)C(Cl)=C1. The number of carboxylic acids is 1. The number of hydrogen-bond donors (Lipinski definition) is 2. The molecule has 2 N–H and O–H groups in total. The van der Waals surface area contributed by atoms with Gasteiger partial charge < -0.3 is 10.4 Å². The van der Waals surface area contributed by atoms with Gasteiger partial charge in [-0.05, 0) is 31.9 Å². The fourth-order valence-corrected chi connectivity index (χ4v) is 3.05. The van der Waals surface area contributed by atoms with Gasteiger partial charge in [0.25, 0.3) is 0 Å². The molecule has 1 aliphatic carbocycles. The van der Waals surface area contributed by atoms with Crippen molar-refractivity contribution in [2.24, 2.45) is 0 Å². The summed E-state index contributed by atoms with van der Waals surface area (Å²) in [4.78, 5) is 11.4. The number of fused-ring (bicyclic) bond motifs is 1. The predicted molar refractivity (Wildman–Crippen MR) is 95.6 cm³/mol. The number of carbonyl (C=O) groups is 1. The number of aromatic nitrogens is 2. The Labute approximate surface area is 149 Å². The molecule has 3 rings (SSSR count). The Morgan fingerprint density at radius 3 is 2.88 bits per heavy atom. The van der Waals surface area contributed by atoms with Crippen LogP contribution in [0.1, 0.15) is 34.8 Å². The first kappa shape index (κ1) is 16.8. The van der Waals surface area contributed by atoms with Crippen molar-refractivity contribution in [2.75, 3.05) is 5.32 Å². The van der Waals surface area contributed by atoms with Crippen LogP contribution in [0.15, 0.2) is 46.9 Å². The molecule has 2 heterocycles. The van der Waals surface area contributed by atoms with Gasteiger partial charge in [0.1, 0.15) is 6.07 Å². The summed E-state index contributed by atoms with van der Waals surface area (Å²) in [5.74, 6) is -1.04. The van der Waals surface area contributed by atoms with Crippen molar-refractivity contribution in [3.8, 4) is 6.07 Å². The zero-order valence-electron chi connectivity index (χ0n) is 13.7. The predicted octanol–water partition coefficient (Wildman–Crippen LogP) is 3.98. The highest BCUT2D eigenvalue weighted by Gasteiger charge is 2.20. The van der Waals surface area contributed by atoms with Crippen molar-refractivity contribution < 1.29 is 9.90 Å². The molecule has 0 saturated heterocycles. The Bertz CT molecular complexity index is 1020. The third-order valence-electron chi connectivity index (χ3n) is 4.04. The summed E-state index contributed by atoms with van der Waals surface area (Å²) < 4.78 is 1.46. The highest BCUT2D eigenvalue weighted by molar-refractivity contribution is 6.32. The lowest BCUT2D eigenvalue weighted by atomic mass is 10.1. The molecule has 0 spiro atoms. The summed E-state index contributed by atoms with van der Waals surface area (Å²) in [6.45, 7) is 3.65. The highest BCUT2D eigenvalue weighted by atomic mass is 35.5. The van der Waals surface area contributed by atoms with Crippen molar-refractivity contribution >= 4 is 28.8 Å². The second-order valence-electron chi connectivity index (χ2n) is 5.73. The summed E-state index contributed by atoms with van der Waals surface area (Å²) in [7, 11) is 0. The minimum atomic E-state index is -1.04. The fraction of sp³-hybridized carbons (Fsp3) is 0.167. The topological polar surface area (TPSA) is 90.4 Å². The summed E-state index contributed by atoms with van der Waals surface area (Å²) in [5, 5.41) is 26.6. The number of nitrogens with zero attached hydrogens (tertiary/aromatic N) is 3. The van der Waals surface area contributed by atoms with Crippen LogP contribution < -0.4 is 5.32 Å². The van der Waals surface area contributed by atoms with E-state index in [0.29, 0.717) is 39.5 Å². The van der Waals surface area contributed by atoms with Gasteiger partial charge in [-0.25, -0.2) is 9.31 Å². The van der Waals surface area contributed by atoms with Crippen LogP contribution in [0.5, 0.6) is 0 Å². The lowest BCUT2D eigenvalue weighted by Crippen LogP contribution is -2.06. The molecule has 2 aromatic rings. The minimum Gasteiger partial charge on any atom is -0.478 e. The van der Waals surface area contributed by atoms with Gasteiger partial charge in [0, 0.05) is 6.20 Å². The van der Waals surface area contributed by atoms with Crippen molar-refractivity contribution in [2.45, 2.75) is 20.3 Å². The molecule has 2 aromatic heterocycles. The van der Waals surface area contributed by atoms with E-state index in [-0.39, 0.29) is 5.56 Å². The van der Waals surface area contributed by atoms with Crippen LogP contribution in [0.3, 0.4) is 0 Å². The van der Waals surface area contributed by atoms with E-state index in [4.69, 9.17) is 11.6 Å². The molecule has 0 radical (unpaired) electrons. The smallest absolute Gasteiger partial charge is 0.337 e. The largest absolute Gasteiger partial charge is 0.478 e. The third-order valence-corrected chi connectivity index (χ3v) is 4.35. The van der Waals surface area contributed by atoms with E-state index in [0.717, 1.165) is 5.57 Å². The minimum absolute atomic E-state index is 0.139. The molecule has 25 heavy (non-hydrogen) atoms. The second kappa shape index (κ2) is 6.46. The monoisotopic (exact) mass is 354 g/mol. The van der Waals surface area contributed by atoms with Gasteiger partial charge in [0.15, 0.2) is 0 Å². The molecule has 0 amide bonds. The molecule has 6 nitrogen and oxygen atoms in total. The standard InChI is InChI=1S/C18H15ClN4O2/c1-10-4-3-5-15(14(19)6-10)22-16-12(7-20)8-21-23-9-13(18(24)25)11(2)17(16)23/h4-6,8-9,22H,3H2,1-2H3,(H,24,25). The zero-order chi connectivity index (χ0) is 18.1. The molecule has 7 heteroatoms. The lowest BCUT2D eigenvalue weighted by Gasteiger charge is -2.13. The number of halogens is 1. The third kappa shape index (κ3) is 3.02. The first-order valence-electron chi connectivity index (χ1n) is 7.58. The molecule has 0 saturated carbocycles. The summed E-state index contributed by atoms with van der Waals surface area (Å²) >= 11 is 6.36.